The lowest BCUT2D eigenvalue weighted by Gasteiger charge is -2.12. The number of rotatable bonds is 13. The van der Waals surface area contributed by atoms with Gasteiger partial charge in [-0.05, 0) is 60.2 Å². The first-order valence-corrected chi connectivity index (χ1v) is 13.6. The summed E-state index contributed by atoms with van der Waals surface area (Å²) in [7, 11) is 0. The minimum Gasteiger partial charge on any atom is -0.492 e. The monoisotopic (exact) mass is 517 g/mol. The highest BCUT2D eigenvalue weighted by atomic mass is 35.5. The number of imidazole rings is 1. The number of unbranched alkanes of at least 4 members (excludes halogenated alkanes) is 2. The van der Waals surface area contributed by atoms with E-state index in [1.54, 1.807) is 0 Å². The number of aromatic nitrogens is 2. The van der Waals surface area contributed by atoms with Crippen molar-refractivity contribution in [1.29, 1.82) is 0 Å². The Kier molecular flexibility index (Phi) is 9.61. The molecule has 1 aromatic heterocycles. The summed E-state index contributed by atoms with van der Waals surface area (Å²) < 4.78 is 8.33. The van der Waals surface area contributed by atoms with Crippen molar-refractivity contribution in [2.24, 2.45) is 0 Å². The molecule has 194 valence electrons. The molecule has 0 aliphatic rings. The van der Waals surface area contributed by atoms with Crippen molar-refractivity contribution >= 4 is 28.5 Å². The van der Waals surface area contributed by atoms with Gasteiger partial charge in [0.15, 0.2) is 0 Å². The minimum absolute atomic E-state index is 0.00809. The zero-order valence-electron chi connectivity index (χ0n) is 21.8. The van der Waals surface area contributed by atoms with Crippen molar-refractivity contribution in [3.8, 4) is 5.75 Å². The summed E-state index contributed by atoms with van der Waals surface area (Å²) in [4.78, 5) is 17.1. The number of para-hydroxylation sites is 2. The molecule has 0 radical (unpaired) electrons. The van der Waals surface area contributed by atoms with Crippen molar-refractivity contribution < 1.29 is 9.53 Å². The predicted octanol–water partition coefficient (Wildman–Crippen LogP) is 6.96. The maximum absolute atomic E-state index is 12.2. The number of carbonyl (C=O) groups is 1. The highest BCUT2D eigenvalue weighted by Crippen LogP contribution is 2.21. The molecule has 1 N–H and O–H groups in total. The molecule has 5 nitrogen and oxygen atoms in total. The molecule has 0 aliphatic carbocycles. The van der Waals surface area contributed by atoms with Crippen LogP contribution in [0.4, 0.5) is 0 Å². The van der Waals surface area contributed by atoms with E-state index in [1.165, 1.54) is 5.56 Å². The van der Waals surface area contributed by atoms with Crippen LogP contribution in [0.2, 0.25) is 5.02 Å². The molecule has 4 aromatic rings. The van der Waals surface area contributed by atoms with Crippen molar-refractivity contribution in [2.75, 3.05) is 13.2 Å². The van der Waals surface area contributed by atoms with E-state index in [-0.39, 0.29) is 5.91 Å². The highest BCUT2D eigenvalue weighted by molar-refractivity contribution is 6.31. The molecule has 0 saturated carbocycles. The molecule has 6 heteroatoms. The molecule has 0 fully saturated rings. The van der Waals surface area contributed by atoms with Gasteiger partial charge in [-0.2, -0.15) is 0 Å². The average Bonchev–Trinajstić information content (AvgIpc) is 3.25. The molecule has 0 saturated heterocycles. The summed E-state index contributed by atoms with van der Waals surface area (Å²) >= 11 is 6.15. The Bertz CT molecular complexity index is 1300. The van der Waals surface area contributed by atoms with Crippen LogP contribution in [0.5, 0.6) is 5.75 Å². The van der Waals surface area contributed by atoms with Crippen LogP contribution in [0.25, 0.3) is 11.0 Å². The fraction of sp³-hybridized carbons (Fsp3) is 0.355. The van der Waals surface area contributed by atoms with Crippen molar-refractivity contribution in [2.45, 2.75) is 58.4 Å². The molecular weight excluding hydrogens is 482 g/mol. The van der Waals surface area contributed by atoms with Crippen LogP contribution < -0.4 is 10.1 Å². The van der Waals surface area contributed by atoms with E-state index in [1.807, 2.05) is 30.3 Å². The number of hydrogen-bond donors (Lipinski definition) is 1. The van der Waals surface area contributed by atoms with E-state index < -0.39 is 0 Å². The molecule has 0 spiro atoms. The number of nitrogens with one attached hydrogen (secondary N) is 1. The van der Waals surface area contributed by atoms with Gasteiger partial charge in [0.1, 0.15) is 18.2 Å². The van der Waals surface area contributed by atoms with Gasteiger partial charge >= 0.3 is 0 Å². The van der Waals surface area contributed by atoms with Crippen molar-refractivity contribution in [1.82, 2.24) is 14.9 Å². The first-order valence-electron chi connectivity index (χ1n) is 13.2. The van der Waals surface area contributed by atoms with E-state index in [9.17, 15) is 4.79 Å². The molecule has 0 aliphatic heterocycles. The van der Waals surface area contributed by atoms with Gasteiger partial charge in [-0.1, -0.05) is 74.3 Å². The molecule has 1 amide bonds. The normalized spacial score (nSPS) is 11.2. The van der Waals surface area contributed by atoms with Gasteiger partial charge in [-0.3, -0.25) is 4.79 Å². The molecular formula is C31H36ClN3O2. The third-order valence-corrected chi connectivity index (χ3v) is 6.94. The van der Waals surface area contributed by atoms with Gasteiger partial charge in [0.25, 0.3) is 0 Å². The SMILES string of the molecule is CC(C)c1ccc(OCCn2c(CCCCCNC(=O)Cc3ccccc3Cl)nc3ccccc32)cc1. The van der Waals surface area contributed by atoms with Crippen LogP contribution in [0.3, 0.4) is 0 Å². The second-order valence-corrected chi connectivity index (χ2v) is 10.1. The Balaban J connectivity index is 1.24. The number of ether oxygens (including phenoxy) is 1. The lowest BCUT2D eigenvalue weighted by atomic mass is 10.0. The number of benzene rings is 3. The number of carbonyl (C=O) groups excluding carboxylic acids is 1. The van der Waals surface area contributed by atoms with Gasteiger partial charge in [-0.15, -0.1) is 0 Å². The van der Waals surface area contributed by atoms with E-state index in [2.05, 4.69) is 66.2 Å². The van der Waals surface area contributed by atoms with Crippen LogP contribution >= 0.6 is 11.6 Å². The molecule has 0 bridgehead atoms. The van der Waals surface area contributed by atoms with Crippen molar-refractivity contribution in [3.63, 3.8) is 0 Å². The Labute approximate surface area is 224 Å². The van der Waals surface area contributed by atoms with Gasteiger partial charge in [-0.25, -0.2) is 4.98 Å². The molecule has 3 aromatic carbocycles. The van der Waals surface area contributed by atoms with Gasteiger partial charge < -0.3 is 14.6 Å². The van der Waals surface area contributed by atoms with Gasteiger partial charge in [0, 0.05) is 18.0 Å². The van der Waals surface area contributed by atoms with E-state index in [0.29, 0.717) is 30.5 Å². The Morgan fingerprint density at radius 3 is 2.51 bits per heavy atom. The molecule has 0 unspecified atom stereocenters. The van der Waals surface area contributed by atoms with Crippen LogP contribution in [0.15, 0.2) is 72.8 Å². The third kappa shape index (κ3) is 7.59. The maximum atomic E-state index is 12.2. The number of aryl methyl sites for hydroxylation is 1. The average molecular weight is 518 g/mol. The van der Waals surface area contributed by atoms with Crippen LogP contribution in [0, 0.1) is 0 Å². The van der Waals surface area contributed by atoms with Crippen molar-refractivity contribution in [3.05, 3.63) is 94.8 Å². The standard InChI is InChI=1S/C31H36ClN3O2/c1-23(2)24-15-17-26(18-16-24)37-21-20-35-29-13-8-7-12-28(29)34-30(35)14-4-3-9-19-33-31(36)22-25-10-5-6-11-27(25)32/h5-8,10-13,15-18,23H,3-4,9,14,19-22H2,1-2H3,(H,33,36). The van der Waals surface area contributed by atoms with Crippen LogP contribution in [0.1, 0.15) is 56.0 Å². The third-order valence-electron chi connectivity index (χ3n) is 6.57. The van der Waals surface area contributed by atoms with E-state index >= 15 is 0 Å². The zero-order valence-corrected chi connectivity index (χ0v) is 22.5. The number of halogens is 1. The quantitative estimate of drug-likeness (QED) is 0.195. The summed E-state index contributed by atoms with van der Waals surface area (Å²) in [5.41, 5.74) is 4.33. The Hall–Kier alpha value is -3.31. The van der Waals surface area contributed by atoms with Gasteiger partial charge in [0.05, 0.1) is 24.0 Å². The van der Waals surface area contributed by atoms with Crippen LogP contribution in [-0.4, -0.2) is 28.6 Å². The van der Waals surface area contributed by atoms with Gasteiger partial charge in [0.2, 0.25) is 5.91 Å². The molecule has 1 heterocycles. The lowest BCUT2D eigenvalue weighted by molar-refractivity contribution is -0.120. The van der Waals surface area contributed by atoms with E-state index in [0.717, 1.165) is 60.4 Å². The Morgan fingerprint density at radius 1 is 0.973 bits per heavy atom. The maximum Gasteiger partial charge on any atom is 0.224 e. The highest BCUT2D eigenvalue weighted by Gasteiger charge is 2.11. The van der Waals surface area contributed by atoms with E-state index in [4.69, 9.17) is 21.3 Å². The summed E-state index contributed by atoms with van der Waals surface area (Å²) in [5, 5.41) is 3.64. The smallest absolute Gasteiger partial charge is 0.224 e. The largest absolute Gasteiger partial charge is 0.492 e. The minimum atomic E-state index is 0.00809. The summed E-state index contributed by atoms with van der Waals surface area (Å²) in [5.74, 6) is 2.50. The number of amides is 1. The summed E-state index contributed by atoms with van der Waals surface area (Å²) in [6.07, 6.45) is 4.18. The number of hydrogen-bond acceptors (Lipinski definition) is 3. The first kappa shape index (κ1) is 26.7. The first-order chi connectivity index (χ1) is 18.0. The summed E-state index contributed by atoms with van der Waals surface area (Å²) in [6.45, 7) is 6.40. The number of nitrogens with zero attached hydrogens (tertiary/aromatic N) is 2. The molecule has 4 rings (SSSR count). The fourth-order valence-corrected chi connectivity index (χ4v) is 4.66. The topological polar surface area (TPSA) is 56.1 Å². The molecule has 0 atom stereocenters. The summed E-state index contributed by atoms with van der Waals surface area (Å²) in [6, 6.07) is 24.1. The lowest BCUT2D eigenvalue weighted by Crippen LogP contribution is -2.26. The Morgan fingerprint density at radius 2 is 1.73 bits per heavy atom. The second kappa shape index (κ2) is 13.3. The number of fused-ring (bicyclic) bond motifs is 1. The fourth-order valence-electron chi connectivity index (χ4n) is 4.46. The van der Waals surface area contributed by atoms with Crippen LogP contribution in [-0.2, 0) is 24.2 Å². The predicted molar refractivity (Wildman–Crippen MR) is 151 cm³/mol. The molecule has 37 heavy (non-hydrogen) atoms. The zero-order chi connectivity index (χ0) is 26.0. The second-order valence-electron chi connectivity index (χ2n) is 9.67.